The summed E-state index contributed by atoms with van der Waals surface area (Å²) in [7, 11) is 0. The average Bonchev–Trinajstić information content (AvgIpc) is 3.25. The Hall–Kier alpha value is -2.51. The molecule has 0 saturated heterocycles. The van der Waals surface area contributed by atoms with Crippen molar-refractivity contribution in [2.75, 3.05) is 10.6 Å². The summed E-state index contributed by atoms with van der Waals surface area (Å²) in [5.74, 6) is 0.798. The van der Waals surface area contributed by atoms with Crippen molar-refractivity contribution < 1.29 is 0 Å². The zero-order chi connectivity index (χ0) is 17.2. The van der Waals surface area contributed by atoms with Crippen molar-refractivity contribution in [3.63, 3.8) is 0 Å². The van der Waals surface area contributed by atoms with Crippen LogP contribution in [0.5, 0.6) is 0 Å². The van der Waals surface area contributed by atoms with Crippen LogP contribution in [0, 0.1) is 0 Å². The summed E-state index contributed by atoms with van der Waals surface area (Å²) in [6.45, 7) is 4.24. The number of nitrogens with zero attached hydrogens (tertiary/aromatic N) is 3. The minimum absolute atomic E-state index is 0.322. The first-order chi connectivity index (χ1) is 12.2. The molecule has 25 heavy (non-hydrogen) atoms. The van der Waals surface area contributed by atoms with E-state index in [1.54, 1.807) is 22.7 Å². The van der Waals surface area contributed by atoms with Gasteiger partial charge in [-0.15, -0.1) is 22.7 Å². The van der Waals surface area contributed by atoms with Gasteiger partial charge >= 0.3 is 0 Å². The van der Waals surface area contributed by atoms with Gasteiger partial charge in [0, 0.05) is 41.3 Å². The van der Waals surface area contributed by atoms with E-state index in [-0.39, 0.29) is 0 Å². The smallest absolute Gasteiger partial charge is 0.132 e. The van der Waals surface area contributed by atoms with Crippen LogP contribution in [0.3, 0.4) is 0 Å². The van der Waals surface area contributed by atoms with E-state index in [4.69, 9.17) is 0 Å². The third-order valence-electron chi connectivity index (χ3n) is 3.61. The molecule has 0 unspecified atom stereocenters. The van der Waals surface area contributed by atoms with Gasteiger partial charge in [-0.1, -0.05) is 0 Å². The van der Waals surface area contributed by atoms with Crippen LogP contribution >= 0.6 is 22.7 Å². The molecule has 7 heteroatoms. The molecule has 4 rings (SSSR count). The van der Waals surface area contributed by atoms with Crippen molar-refractivity contribution in [1.82, 2.24) is 15.0 Å². The van der Waals surface area contributed by atoms with Crippen molar-refractivity contribution >= 4 is 50.1 Å². The van der Waals surface area contributed by atoms with Gasteiger partial charge in [0.2, 0.25) is 0 Å². The maximum Gasteiger partial charge on any atom is 0.132 e. The van der Waals surface area contributed by atoms with Crippen LogP contribution in [-0.2, 0) is 0 Å². The summed E-state index contributed by atoms with van der Waals surface area (Å²) in [5.41, 5.74) is 5.93. The number of benzene rings is 1. The molecule has 0 spiro atoms. The molecule has 0 aliphatic carbocycles. The van der Waals surface area contributed by atoms with E-state index in [9.17, 15) is 0 Å². The second-order valence-electron chi connectivity index (χ2n) is 5.91. The maximum atomic E-state index is 4.57. The zero-order valence-corrected chi connectivity index (χ0v) is 15.5. The first kappa shape index (κ1) is 16.0. The van der Waals surface area contributed by atoms with Crippen LogP contribution in [-0.4, -0.2) is 21.0 Å². The number of thiazole rings is 2. The van der Waals surface area contributed by atoms with Crippen molar-refractivity contribution in [1.29, 1.82) is 0 Å². The third kappa shape index (κ3) is 3.47. The number of aromatic nitrogens is 3. The number of rotatable bonds is 5. The molecule has 0 saturated carbocycles. The fraction of sp³-hybridized carbons (Fsp3) is 0.167. The molecule has 0 aliphatic heterocycles. The number of fused-ring (bicyclic) bond motifs is 1. The summed E-state index contributed by atoms with van der Waals surface area (Å²) in [6.07, 6.45) is 3.69. The normalized spacial score (nSPS) is 11.2. The second kappa shape index (κ2) is 6.78. The Balaban J connectivity index is 1.67. The van der Waals surface area contributed by atoms with Gasteiger partial charge in [0.15, 0.2) is 0 Å². The number of hydrogen-bond acceptors (Lipinski definition) is 7. The van der Waals surface area contributed by atoms with Gasteiger partial charge in [-0.05, 0) is 32.0 Å². The minimum Gasteiger partial charge on any atom is -0.382 e. The summed E-state index contributed by atoms with van der Waals surface area (Å²) >= 11 is 3.25. The lowest BCUT2D eigenvalue weighted by atomic mass is 10.2. The monoisotopic (exact) mass is 367 g/mol. The molecule has 126 valence electrons. The highest BCUT2D eigenvalue weighted by molar-refractivity contribution is 7.16. The van der Waals surface area contributed by atoms with Gasteiger partial charge in [0.05, 0.1) is 21.3 Å². The summed E-state index contributed by atoms with van der Waals surface area (Å²) in [5, 5.41) is 9.82. The number of nitrogens with one attached hydrogen (secondary N) is 2. The van der Waals surface area contributed by atoms with Gasteiger partial charge < -0.3 is 10.6 Å². The van der Waals surface area contributed by atoms with E-state index in [1.807, 2.05) is 41.5 Å². The Morgan fingerprint density at radius 1 is 1.04 bits per heavy atom. The quantitative estimate of drug-likeness (QED) is 0.496. The van der Waals surface area contributed by atoms with E-state index in [0.29, 0.717) is 6.04 Å². The van der Waals surface area contributed by atoms with Crippen molar-refractivity contribution in [2.24, 2.45) is 0 Å². The highest BCUT2D eigenvalue weighted by Crippen LogP contribution is 2.32. The molecule has 0 radical (unpaired) electrons. The van der Waals surface area contributed by atoms with Gasteiger partial charge in [-0.3, -0.25) is 0 Å². The van der Waals surface area contributed by atoms with Gasteiger partial charge in [-0.25, -0.2) is 15.0 Å². The molecule has 0 fully saturated rings. The highest BCUT2D eigenvalue weighted by atomic mass is 32.1. The molecule has 3 aromatic heterocycles. The van der Waals surface area contributed by atoms with Crippen molar-refractivity contribution in [2.45, 2.75) is 19.9 Å². The van der Waals surface area contributed by atoms with Crippen molar-refractivity contribution in [3.05, 3.63) is 47.5 Å². The fourth-order valence-corrected chi connectivity index (χ4v) is 3.94. The number of pyridine rings is 1. The highest BCUT2D eigenvalue weighted by Gasteiger charge is 2.11. The van der Waals surface area contributed by atoms with Crippen LogP contribution in [0.25, 0.3) is 20.8 Å². The molecule has 0 bridgehead atoms. The van der Waals surface area contributed by atoms with Gasteiger partial charge in [0.25, 0.3) is 0 Å². The molecule has 1 aromatic carbocycles. The minimum atomic E-state index is 0.322. The van der Waals surface area contributed by atoms with E-state index in [0.717, 1.165) is 38.0 Å². The Morgan fingerprint density at radius 2 is 1.96 bits per heavy atom. The largest absolute Gasteiger partial charge is 0.382 e. The Labute approximate surface area is 153 Å². The first-order valence-corrected chi connectivity index (χ1v) is 9.72. The molecule has 4 aromatic rings. The summed E-state index contributed by atoms with van der Waals surface area (Å²) < 4.78 is 1.16. The molecular formula is C18H17N5S2. The lowest BCUT2D eigenvalue weighted by Gasteiger charge is -2.15. The third-order valence-corrected chi connectivity index (χ3v) is 5.21. The SMILES string of the molecule is CC(C)Nc1cc(Nc2ccc3ncsc3c2)ncc1-c1nccs1. The van der Waals surface area contributed by atoms with Crippen LogP contribution in [0.2, 0.25) is 0 Å². The molecule has 5 nitrogen and oxygen atoms in total. The lowest BCUT2D eigenvalue weighted by molar-refractivity contribution is 0.899. The Kier molecular flexibility index (Phi) is 4.33. The average molecular weight is 368 g/mol. The summed E-state index contributed by atoms with van der Waals surface area (Å²) in [6, 6.07) is 8.49. The molecule has 2 N–H and O–H groups in total. The van der Waals surface area contributed by atoms with Crippen LogP contribution in [0.15, 0.2) is 47.5 Å². The fourth-order valence-electron chi connectivity index (χ4n) is 2.56. The van der Waals surface area contributed by atoms with Crippen LogP contribution < -0.4 is 10.6 Å². The number of anilines is 3. The molecule has 0 aliphatic rings. The standard InChI is InChI=1S/C18H17N5S2/c1-11(2)22-15-8-17(20-9-13(15)18-19-5-6-24-18)23-12-3-4-14-16(7-12)25-10-21-14/h3-11H,1-2H3,(H2,20,22,23). The van der Waals surface area contributed by atoms with E-state index < -0.39 is 0 Å². The van der Waals surface area contributed by atoms with E-state index >= 15 is 0 Å². The van der Waals surface area contributed by atoms with E-state index in [2.05, 4.69) is 45.5 Å². The zero-order valence-electron chi connectivity index (χ0n) is 13.9. The first-order valence-electron chi connectivity index (χ1n) is 7.96. The maximum absolute atomic E-state index is 4.57. The van der Waals surface area contributed by atoms with Crippen LogP contribution in [0.4, 0.5) is 17.2 Å². The molecule has 0 atom stereocenters. The van der Waals surface area contributed by atoms with Gasteiger partial charge in [-0.2, -0.15) is 0 Å². The predicted octanol–water partition coefficient (Wildman–Crippen LogP) is 5.38. The second-order valence-corrected chi connectivity index (χ2v) is 7.69. The Morgan fingerprint density at radius 3 is 2.76 bits per heavy atom. The predicted molar refractivity (Wildman–Crippen MR) is 107 cm³/mol. The molecule has 3 heterocycles. The topological polar surface area (TPSA) is 62.7 Å². The summed E-state index contributed by atoms with van der Waals surface area (Å²) in [4.78, 5) is 13.3. The van der Waals surface area contributed by atoms with Gasteiger partial charge in [0.1, 0.15) is 10.8 Å². The van der Waals surface area contributed by atoms with Crippen LogP contribution in [0.1, 0.15) is 13.8 Å². The lowest BCUT2D eigenvalue weighted by Crippen LogP contribution is -2.11. The number of hydrogen-bond donors (Lipinski definition) is 2. The van der Waals surface area contributed by atoms with E-state index in [1.165, 1.54) is 0 Å². The Bertz CT molecular complexity index is 992. The van der Waals surface area contributed by atoms with Crippen molar-refractivity contribution in [3.8, 4) is 10.6 Å². The molecule has 0 amide bonds. The molecular weight excluding hydrogens is 350 g/mol.